The molecule has 0 aromatic carbocycles. The number of unbranched alkanes of at least 4 members (excludes halogenated alkanes) is 11. The second-order valence-corrected chi connectivity index (χ2v) is 18.1. The number of carbonyl (C=O) groups excluding carboxylic acids is 2. The third-order valence-electron chi connectivity index (χ3n) is 11.8. The number of allylic oxidation sites excluding steroid dienone is 2. The summed E-state index contributed by atoms with van der Waals surface area (Å²) in [4.78, 5) is 45.6. The van der Waals surface area contributed by atoms with Crippen LogP contribution in [-0.4, -0.2) is 51.9 Å². The molecule has 0 spiro atoms. The van der Waals surface area contributed by atoms with E-state index in [4.69, 9.17) is 9.47 Å². The van der Waals surface area contributed by atoms with Crippen molar-refractivity contribution >= 4 is 17.8 Å². The highest BCUT2D eigenvalue weighted by Gasteiger charge is 2.55. The van der Waals surface area contributed by atoms with Gasteiger partial charge in [-0.2, -0.15) is 0 Å². The monoisotopic (exact) mass is 756 g/mol. The van der Waals surface area contributed by atoms with E-state index in [1.165, 1.54) is 51.4 Å². The van der Waals surface area contributed by atoms with Crippen LogP contribution in [0.3, 0.4) is 0 Å². The molecule has 2 amide bonds. The van der Waals surface area contributed by atoms with Gasteiger partial charge in [-0.3, -0.25) is 9.59 Å². The molecule has 9 heteroatoms. The Bertz CT molecular complexity index is 1330. The van der Waals surface area contributed by atoms with Crippen LogP contribution in [-0.2, 0) is 19.8 Å². The number of amides is 2. The fraction of sp³-hybridized carbons (Fsp3) is 0.800. The average Bonchev–Trinajstić information content (AvgIpc) is 3.83. The molecule has 3 rings (SSSR count). The van der Waals surface area contributed by atoms with E-state index in [1.807, 2.05) is 34.6 Å². The molecule has 3 unspecified atom stereocenters. The third kappa shape index (κ3) is 13.2. The number of urea groups is 1. The van der Waals surface area contributed by atoms with E-state index in [0.717, 1.165) is 64.2 Å². The number of Topliss-reactive ketones (excluding diaryl/α,β-unsaturated/α-hetero) is 1. The molecule has 0 bridgehead atoms. The maximum absolute atomic E-state index is 14.6. The van der Waals surface area contributed by atoms with E-state index >= 15 is 0 Å². The van der Waals surface area contributed by atoms with Gasteiger partial charge < -0.3 is 30.2 Å². The molecular weight excluding hydrogens is 679 g/mol. The summed E-state index contributed by atoms with van der Waals surface area (Å²) >= 11 is 0. The summed E-state index contributed by atoms with van der Waals surface area (Å²) in [7, 11) is 0. The van der Waals surface area contributed by atoms with Crippen LogP contribution in [0, 0.1) is 17.3 Å². The molecule has 1 saturated heterocycles. The maximum atomic E-state index is 14.6. The first-order valence-corrected chi connectivity index (χ1v) is 21.6. The highest BCUT2D eigenvalue weighted by Crippen LogP contribution is 2.49. The van der Waals surface area contributed by atoms with E-state index in [1.54, 1.807) is 26.1 Å². The van der Waals surface area contributed by atoms with Crippen LogP contribution in [0.15, 0.2) is 24.4 Å². The first-order chi connectivity index (χ1) is 25.6. The lowest BCUT2D eigenvalue weighted by Gasteiger charge is -2.47. The number of aromatic nitrogens is 1. The summed E-state index contributed by atoms with van der Waals surface area (Å²) < 4.78 is 12.2. The highest BCUT2D eigenvalue weighted by atomic mass is 16.7. The van der Waals surface area contributed by atoms with Gasteiger partial charge in [0.1, 0.15) is 6.10 Å². The Morgan fingerprint density at radius 1 is 0.889 bits per heavy atom. The Labute approximate surface area is 328 Å². The Hall–Kier alpha value is -2.65. The first-order valence-electron chi connectivity index (χ1n) is 21.6. The molecule has 2 heterocycles. The van der Waals surface area contributed by atoms with Crippen molar-refractivity contribution in [1.82, 2.24) is 15.6 Å². The quantitative estimate of drug-likeness (QED) is 0.0446. The molecule has 3 atom stereocenters. The van der Waals surface area contributed by atoms with E-state index in [-0.39, 0.29) is 11.7 Å². The van der Waals surface area contributed by atoms with E-state index < -0.39 is 46.3 Å². The Kier molecular flexibility index (Phi) is 18.3. The largest absolute Gasteiger partial charge is 0.481 e. The van der Waals surface area contributed by atoms with Crippen LogP contribution in [0.25, 0.3) is 0 Å². The molecule has 1 aromatic rings. The lowest BCUT2D eigenvalue weighted by Crippen LogP contribution is -2.62. The zero-order chi connectivity index (χ0) is 39.8. The zero-order valence-electron chi connectivity index (χ0n) is 35.4. The van der Waals surface area contributed by atoms with Crippen molar-refractivity contribution in [3.8, 4) is 0 Å². The number of hydrogen-bond acceptors (Lipinski definition) is 5. The minimum Gasteiger partial charge on any atom is -0.481 e. The summed E-state index contributed by atoms with van der Waals surface area (Å²) in [6, 6.07) is 1.33. The smallest absolute Gasteiger partial charge is 0.315 e. The normalized spacial score (nSPS) is 20.5. The van der Waals surface area contributed by atoms with Gasteiger partial charge in [0.2, 0.25) is 0 Å². The number of H-pyrrole nitrogens is 1. The van der Waals surface area contributed by atoms with Crippen LogP contribution in [0.1, 0.15) is 200 Å². The topological polar surface area (TPSA) is 130 Å². The van der Waals surface area contributed by atoms with Crippen molar-refractivity contribution in [1.29, 1.82) is 0 Å². The van der Waals surface area contributed by atoms with Crippen LogP contribution in [0.5, 0.6) is 0 Å². The van der Waals surface area contributed by atoms with Gasteiger partial charge in [-0.1, -0.05) is 117 Å². The lowest BCUT2D eigenvalue weighted by molar-refractivity contribution is -0.298. The fourth-order valence-electron chi connectivity index (χ4n) is 8.68. The number of aromatic amines is 1. The van der Waals surface area contributed by atoms with Crippen molar-refractivity contribution in [2.75, 3.05) is 6.61 Å². The van der Waals surface area contributed by atoms with E-state index in [2.05, 4.69) is 34.7 Å². The highest BCUT2D eigenvalue weighted by molar-refractivity contribution is 6.02. The minimum absolute atomic E-state index is 0.172. The predicted molar refractivity (Wildman–Crippen MR) is 219 cm³/mol. The van der Waals surface area contributed by atoms with Crippen LogP contribution in [0.4, 0.5) is 4.79 Å². The second-order valence-electron chi connectivity index (χ2n) is 18.1. The van der Waals surface area contributed by atoms with Gasteiger partial charge in [-0.15, -0.1) is 0 Å². The Balaban J connectivity index is 1.76. The summed E-state index contributed by atoms with van der Waals surface area (Å²) in [5, 5.41) is 17.5. The molecule has 0 radical (unpaired) electrons. The number of carboxylic acid groups (broad SMARTS) is 1. The first kappa shape index (κ1) is 45.7. The molecule has 308 valence electrons. The van der Waals surface area contributed by atoms with Crippen molar-refractivity contribution < 1.29 is 29.0 Å². The third-order valence-corrected chi connectivity index (χ3v) is 11.8. The van der Waals surface area contributed by atoms with E-state index in [9.17, 15) is 19.5 Å². The van der Waals surface area contributed by atoms with Gasteiger partial charge in [0, 0.05) is 22.7 Å². The van der Waals surface area contributed by atoms with Crippen molar-refractivity contribution in [3.63, 3.8) is 0 Å². The summed E-state index contributed by atoms with van der Waals surface area (Å²) in [5.41, 5.74) is -1.62. The molecule has 4 N–H and O–H groups in total. The van der Waals surface area contributed by atoms with Crippen molar-refractivity contribution in [2.24, 2.45) is 17.3 Å². The molecule has 1 aromatic heterocycles. The van der Waals surface area contributed by atoms with Gasteiger partial charge in [0.05, 0.1) is 23.8 Å². The van der Waals surface area contributed by atoms with Crippen LogP contribution in [0.2, 0.25) is 0 Å². The van der Waals surface area contributed by atoms with Gasteiger partial charge in [0.25, 0.3) is 0 Å². The summed E-state index contributed by atoms with van der Waals surface area (Å²) in [6.07, 6.45) is 26.3. The Morgan fingerprint density at radius 3 is 2.09 bits per heavy atom. The SMILES string of the molecule is CCCCCCCCC=CCCCCCCC(C)(C)NC(=O)NC(c1[nH]ccc1C(=O)C1OC(C)(C)OCC1(C)C)(C1CCCC1)C(CCCC)C(=O)O. The van der Waals surface area contributed by atoms with Gasteiger partial charge >= 0.3 is 12.0 Å². The van der Waals surface area contributed by atoms with E-state index in [0.29, 0.717) is 30.7 Å². The Morgan fingerprint density at radius 2 is 1.48 bits per heavy atom. The number of rotatable bonds is 25. The number of aliphatic carboxylic acids is 1. The molecule has 2 aliphatic rings. The molecule has 54 heavy (non-hydrogen) atoms. The summed E-state index contributed by atoms with van der Waals surface area (Å²) in [5.74, 6) is -3.27. The number of carbonyl (C=O) groups is 3. The number of ether oxygens (including phenoxy) is 2. The lowest BCUT2D eigenvalue weighted by atomic mass is 9.67. The standard InChI is InChI=1S/C45H77N3O6/c1-9-11-13-14-15-16-17-18-19-20-21-22-23-26-31-43(5,6)47-41(52)48-45(34-27-24-25-28-34,36(40(50)51)29-12-10-2)38-35(30-32-46-38)37(49)39-42(3,4)33-53-44(7,8)54-39/h18-19,30,32,34,36,39,46H,9-17,20-29,31,33H2,1-8H3,(H,50,51)(H2,47,48,52). The maximum Gasteiger partial charge on any atom is 0.315 e. The second kappa shape index (κ2) is 21.6. The number of hydrogen-bond donors (Lipinski definition) is 4. The predicted octanol–water partition coefficient (Wildman–Crippen LogP) is 11.4. The van der Waals surface area contributed by atoms with Crippen LogP contribution < -0.4 is 10.6 Å². The molecule has 1 aliphatic heterocycles. The van der Waals surface area contributed by atoms with Gasteiger partial charge in [-0.25, -0.2) is 4.79 Å². The number of ketones is 1. The fourth-order valence-corrected chi connectivity index (χ4v) is 8.68. The van der Waals surface area contributed by atoms with Crippen molar-refractivity contribution in [2.45, 2.75) is 207 Å². The minimum atomic E-state index is -1.33. The zero-order valence-corrected chi connectivity index (χ0v) is 35.4. The number of nitrogens with one attached hydrogen (secondary N) is 3. The molecule has 1 aliphatic carbocycles. The molecule has 1 saturated carbocycles. The van der Waals surface area contributed by atoms with Gasteiger partial charge in [0.15, 0.2) is 11.6 Å². The van der Waals surface area contributed by atoms with Crippen molar-refractivity contribution in [3.05, 3.63) is 35.7 Å². The number of carboxylic acids is 1. The molecule has 9 nitrogen and oxygen atoms in total. The molecule has 2 fully saturated rings. The molecular formula is C45H77N3O6. The van der Waals surface area contributed by atoms with Gasteiger partial charge in [-0.05, 0) is 91.0 Å². The summed E-state index contributed by atoms with van der Waals surface area (Å²) in [6.45, 7) is 16.2. The average molecular weight is 756 g/mol. The van der Waals surface area contributed by atoms with Crippen LogP contribution >= 0.6 is 0 Å².